The van der Waals surface area contributed by atoms with Crippen molar-refractivity contribution in [3.63, 3.8) is 0 Å². The highest BCUT2D eigenvalue weighted by Crippen LogP contribution is 2.25. The highest BCUT2D eigenvalue weighted by atomic mass is 35.5. The summed E-state index contributed by atoms with van der Waals surface area (Å²) in [5, 5.41) is 3.79. The van der Waals surface area contributed by atoms with Crippen LogP contribution in [0.1, 0.15) is 12.0 Å². The number of hydrogen-bond donors (Lipinski definition) is 1. The molecule has 0 radical (unpaired) electrons. The minimum Gasteiger partial charge on any atom is -0.378 e. The van der Waals surface area contributed by atoms with Crippen LogP contribution in [0.25, 0.3) is 0 Å². The molecule has 2 aromatic carbocycles. The molecule has 22 heavy (non-hydrogen) atoms. The maximum atomic E-state index is 12.0. The summed E-state index contributed by atoms with van der Waals surface area (Å²) in [6.45, 7) is 0. The van der Waals surface area contributed by atoms with Gasteiger partial charge in [0, 0.05) is 31.2 Å². The Kier molecular flexibility index (Phi) is 5.69. The second kappa shape index (κ2) is 7.52. The number of aryl methyl sites for hydroxylation is 1. The van der Waals surface area contributed by atoms with Crippen molar-refractivity contribution < 1.29 is 4.79 Å². The fraction of sp³-hybridized carbons (Fsp3) is 0.235. The summed E-state index contributed by atoms with van der Waals surface area (Å²) in [7, 11) is 4.00. The van der Waals surface area contributed by atoms with Gasteiger partial charge in [-0.05, 0) is 42.3 Å². The summed E-state index contributed by atoms with van der Waals surface area (Å²) in [5.41, 5.74) is 2.85. The predicted molar refractivity (Wildman–Crippen MR) is 94.2 cm³/mol. The Morgan fingerprint density at radius 3 is 2.36 bits per heavy atom. The van der Waals surface area contributed by atoms with Gasteiger partial charge in [0.25, 0.3) is 0 Å². The molecule has 5 heteroatoms. The summed E-state index contributed by atoms with van der Waals surface area (Å²) in [4.78, 5) is 14.0. The van der Waals surface area contributed by atoms with Gasteiger partial charge in [-0.2, -0.15) is 0 Å². The first-order chi connectivity index (χ1) is 10.5. The van der Waals surface area contributed by atoms with E-state index in [0.717, 1.165) is 11.3 Å². The van der Waals surface area contributed by atoms with E-state index in [4.69, 9.17) is 23.2 Å². The molecule has 0 heterocycles. The Labute approximate surface area is 140 Å². The smallest absolute Gasteiger partial charge is 0.224 e. The van der Waals surface area contributed by atoms with E-state index >= 15 is 0 Å². The number of carbonyl (C=O) groups is 1. The second-order valence-corrected chi connectivity index (χ2v) is 6.08. The first-order valence-electron chi connectivity index (χ1n) is 6.97. The number of carbonyl (C=O) groups excluding carboxylic acids is 1. The zero-order valence-electron chi connectivity index (χ0n) is 12.6. The highest BCUT2D eigenvalue weighted by molar-refractivity contribution is 6.36. The molecule has 0 spiro atoms. The lowest BCUT2D eigenvalue weighted by molar-refractivity contribution is -0.116. The van der Waals surface area contributed by atoms with Gasteiger partial charge in [-0.15, -0.1) is 0 Å². The van der Waals surface area contributed by atoms with Gasteiger partial charge in [-0.1, -0.05) is 35.3 Å². The van der Waals surface area contributed by atoms with E-state index in [1.165, 1.54) is 0 Å². The number of benzene rings is 2. The van der Waals surface area contributed by atoms with Crippen molar-refractivity contribution in [2.24, 2.45) is 0 Å². The van der Waals surface area contributed by atoms with Crippen molar-refractivity contribution in [1.29, 1.82) is 0 Å². The van der Waals surface area contributed by atoms with Gasteiger partial charge in [0.05, 0.1) is 10.7 Å². The summed E-state index contributed by atoms with van der Waals surface area (Å²) < 4.78 is 0. The third kappa shape index (κ3) is 4.65. The molecule has 0 aliphatic carbocycles. The predicted octanol–water partition coefficient (Wildman–Crippen LogP) is 4.63. The Morgan fingerprint density at radius 2 is 1.77 bits per heavy atom. The fourth-order valence-electron chi connectivity index (χ4n) is 2.02. The summed E-state index contributed by atoms with van der Waals surface area (Å²) in [5.74, 6) is -0.0686. The third-order valence-electron chi connectivity index (χ3n) is 3.30. The average molecular weight is 337 g/mol. The van der Waals surface area contributed by atoms with Crippen LogP contribution in [0.15, 0.2) is 42.5 Å². The second-order valence-electron chi connectivity index (χ2n) is 5.23. The van der Waals surface area contributed by atoms with Crippen LogP contribution in [0.5, 0.6) is 0 Å². The van der Waals surface area contributed by atoms with Gasteiger partial charge in [0.1, 0.15) is 0 Å². The van der Waals surface area contributed by atoms with Crippen LogP contribution < -0.4 is 10.2 Å². The maximum Gasteiger partial charge on any atom is 0.224 e. The van der Waals surface area contributed by atoms with Crippen LogP contribution in [0.3, 0.4) is 0 Å². The number of nitrogens with one attached hydrogen (secondary N) is 1. The minimum atomic E-state index is -0.0686. The van der Waals surface area contributed by atoms with E-state index < -0.39 is 0 Å². The molecule has 0 saturated carbocycles. The zero-order valence-corrected chi connectivity index (χ0v) is 14.1. The van der Waals surface area contributed by atoms with E-state index in [1.54, 1.807) is 18.2 Å². The van der Waals surface area contributed by atoms with Gasteiger partial charge < -0.3 is 10.2 Å². The monoisotopic (exact) mass is 336 g/mol. The van der Waals surface area contributed by atoms with E-state index in [1.807, 2.05) is 43.3 Å². The van der Waals surface area contributed by atoms with Crippen molar-refractivity contribution >= 4 is 40.5 Å². The number of halogens is 2. The van der Waals surface area contributed by atoms with E-state index in [0.29, 0.717) is 28.6 Å². The number of rotatable bonds is 5. The van der Waals surface area contributed by atoms with Gasteiger partial charge in [-0.25, -0.2) is 0 Å². The summed E-state index contributed by atoms with van der Waals surface area (Å²) in [6, 6.07) is 13.2. The van der Waals surface area contributed by atoms with Gasteiger partial charge in [-0.3, -0.25) is 4.79 Å². The molecular formula is C17H18Cl2N2O. The Balaban J connectivity index is 1.89. The molecule has 0 fully saturated rings. The van der Waals surface area contributed by atoms with E-state index in [9.17, 15) is 4.79 Å². The molecular weight excluding hydrogens is 319 g/mol. The molecule has 116 valence electrons. The average Bonchev–Trinajstić information content (AvgIpc) is 2.48. The standard InChI is InChI=1S/C17H18Cl2N2O/c1-21(2)14-7-3-12(4-8-14)5-10-17(22)20-16-9-6-13(18)11-15(16)19/h3-4,6-9,11H,5,10H2,1-2H3,(H,20,22). The molecule has 3 nitrogen and oxygen atoms in total. The zero-order chi connectivity index (χ0) is 16.1. The lowest BCUT2D eigenvalue weighted by Gasteiger charge is -2.12. The first kappa shape index (κ1) is 16.7. The summed E-state index contributed by atoms with van der Waals surface area (Å²) >= 11 is 11.9. The number of anilines is 2. The SMILES string of the molecule is CN(C)c1ccc(CCC(=O)Nc2ccc(Cl)cc2Cl)cc1. The Hall–Kier alpha value is -1.71. The molecule has 2 aromatic rings. The Bertz CT molecular complexity index is 654. The molecule has 0 atom stereocenters. The third-order valence-corrected chi connectivity index (χ3v) is 3.85. The molecule has 0 aliphatic rings. The van der Waals surface area contributed by atoms with Crippen molar-refractivity contribution in [1.82, 2.24) is 0 Å². The lowest BCUT2D eigenvalue weighted by atomic mass is 10.1. The molecule has 0 aliphatic heterocycles. The van der Waals surface area contributed by atoms with E-state index in [2.05, 4.69) is 5.32 Å². The van der Waals surface area contributed by atoms with Crippen LogP contribution in [0.4, 0.5) is 11.4 Å². The molecule has 0 bridgehead atoms. The molecule has 0 aromatic heterocycles. The minimum absolute atomic E-state index is 0.0686. The van der Waals surface area contributed by atoms with Crippen LogP contribution >= 0.6 is 23.2 Å². The number of hydrogen-bond acceptors (Lipinski definition) is 2. The van der Waals surface area contributed by atoms with Crippen LogP contribution in [0.2, 0.25) is 10.0 Å². The van der Waals surface area contributed by atoms with E-state index in [-0.39, 0.29) is 5.91 Å². The van der Waals surface area contributed by atoms with Crippen molar-refractivity contribution in [2.75, 3.05) is 24.3 Å². The topological polar surface area (TPSA) is 32.3 Å². The van der Waals surface area contributed by atoms with Gasteiger partial charge in [0.15, 0.2) is 0 Å². The lowest BCUT2D eigenvalue weighted by Crippen LogP contribution is -2.12. The van der Waals surface area contributed by atoms with Crippen molar-refractivity contribution in [3.8, 4) is 0 Å². The molecule has 1 N–H and O–H groups in total. The number of nitrogens with zero attached hydrogens (tertiary/aromatic N) is 1. The van der Waals surface area contributed by atoms with Gasteiger partial charge >= 0.3 is 0 Å². The summed E-state index contributed by atoms with van der Waals surface area (Å²) in [6.07, 6.45) is 1.09. The van der Waals surface area contributed by atoms with Crippen LogP contribution in [-0.2, 0) is 11.2 Å². The first-order valence-corrected chi connectivity index (χ1v) is 7.72. The van der Waals surface area contributed by atoms with Crippen LogP contribution in [0, 0.1) is 0 Å². The molecule has 1 amide bonds. The molecule has 0 saturated heterocycles. The quantitative estimate of drug-likeness (QED) is 0.863. The highest BCUT2D eigenvalue weighted by Gasteiger charge is 2.07. The normalized spacial score (nSPS) is 10.4. The molecule has 0 unspecified atom stereocenters. The number of amides is 1. The molecule has 2 rings (SSSR count). The van der Waals surface area contributed by atoms with Gasteiger partial charge in [0.2, 0.25) is 5.91 Å². The van der Waals surface area contributed by atoms with Crippen molar-refractivity contribution in [2.45, 2.75) is 12.8 Å². The Morgan fingerprint density at radius 1 is 1.09 bits per heavy atom. The maximum absolute atomic E-state index is 12.0. The fourth-order valence-corrected chi connectivity index (χ4v) is 2.48. The van der Waals surface area contributed by atoms with Crippen LogP contribution in [-0.4, -0.2) is 20.0 Å². The largest absolute Gasteiger partial charge is 0.378 e. The van der Waals surface area contributed by atoms with Crippen molar-refractivity contribution in [3.05, 3.63) is 58.1 Å².